The lowest BCUT2D eigenvalue weighted by molar-refractivity contribution is -0.116. The Labute approximate surface area is 173 Å². The predicted molar refractivity (Wildman–Crippen MR) is 116 cm³/mol. The predicted octanol–water partition coefficient (Wildman–Crippen LogP) is 3.08. The highest BCUT2D eigenvalue weighted by Gasteiger charge is 2.26. The molecule has 0 aromatic heterocycles. The summed E-state index contributed by atoms with van der Waals surface area (Å²) in [6, 6.07) is 13.7. The fourth-order valence-electron chi connectivity index (χ4n) is 3.64. The van der Waals surface area contributed by atoms with Gasteiger partial charge in [0.05, 0.1) is 15.5 Å². The Hall–Kier alpha value is -2.38. The average Bonchev–Trinajstić information content (AvgIpc) is 3.01. The van der Waals surface area contributed by atoms with Gasteiger partial charge in [-0.25, -0.2) is 8.42 Å². The monoisotopic (exact) mass is 415 g/mol. The van der Waals surface area contributed by atoms with Crippen molar-refractivity contribution >= 4 is 27.1 Å². The molecular formula is C22H29N3O3S. The molecular weight excluding hydrogens is 386 g/mol. The van der Waals surface area contributed by atoms with Gasteiger partial charge in [-0.1, -0.05) is 25.1 Å². The molecule has 0 saturated carbocycles. The first-order chi connectivity index (χ1) is 13.9. The lowest BCUT2D eigenvalue weighted by atomic mass is 10.2. The van der Waals surface area contributed by atoms with Gasteiger partial charge in [0.15, 0.2) is 0 Å². The third kappa shape index (κ3) is 4.79. The number of hydrogen-bond donors (Lipinski definition) is 1. The number of nitrogens with zero attached hydrogens (tertiary/aromatic N) is 2. The molecule has 1 fully saturated rings. The van der Waals surface area contributed by atoms with E-state index in [0.29, 0.717) is 12.2 Å². The standard InChI is InChI=1S/C22H29N3O3S/c1-3-14-25(18(2)26)21-17-19(24-15-7-12-23-13-16-24)10-11-22(21)29(27,28)20-8-5-4-6-9-20/h4-6,8-11,17,23H,3,7,12-16H2,1-2H3. The van der Waals surface area contributed by atoms with E-state index in [-0.39, 0.29) is 15.7 Å². The second-order valence-corrected chi connectivity index (χ2v) is 9.15. The summed E-state index contributed by atoms with van der Waals surface area (Å²) in [6.07, 6.45) is 1.76. The number of carbonyl (C=O) groups excluding carboxylic acids is 1. The van der Waals surface area contributed by atoms with E-state index in [9.17, 15) is 13.2 Å². The highest BCUT2D eigenvalue weighted by molar-refractivity contribution is 7.91. The molecule has 1 aliphatic heterocycles. The van der Waals surface area contributed by atoms with Gasteiger partial charge < -0.3 is 15.1 Å². The van der Waals surface area contributed by atoms with Crippen molar-refractivity contribution in [3.63, 3.8) is 0 Å². The number of amides is 1. The lowest BCUT2D eigenvalue weighted by Gasteiger charge is -2.28. The van der Waals surface area contributed by atoms with E-state index in [1.165, 1.54) is 6.92 Å². The van der Waals surface area contributed by atoms with E-state index in [1.807, 2.05) is 19.1 Å². The first-order valence-corrected chi connectivity index (χ1v) is 11.6. The first kappa shape index (κ1) is 21.3. The van der Waals surface area contributed by atoms with Crippen LogP contribution in [0.1, 0.15) is 26.7 Å². The van der Waals surface area contributed by atoms with E-state index in [1.54, 1.807) is 41.3 Å². The fourth-order valence-corrected chi connectivity index (χ4v) is 5.10. The molecule has 2 aromatic carbocycles. The second-order valence-electron chi connectivity index (χ2n) is 7.23. The Morgan fingerprint density at radius 1 is 1.10 bits per heavy atom. The SMILES string of the molecule is CCCN(C(C)=O)c1cc(N2CCCNCC2)ccc1S(=O)(=O)c1ccccc1. The van der Waals surface area contributed by atoms with Crippen LogP contribution in [0.5, 0.6) is 0 Å². The molecule has 0 aliphatic carbocycles. The van der Waals surface area contributed by atoms with Crippen LogP contribution in [0.25, 0.3) is 0 Å². The van der Waals surface area contributed by atoms with Crippen molar-refractivity contribution in [1.82, 2.24) is 5.32 Å². The number of benzene rings is 2. The van der Waals surface area contributed by atoms with Gasteiger partial charge in [0.1, 0.15) is 0 Å². The summed E-state index contributed by atoms with van der Waals surface area (Å²) in [5.74, 6) is -0.161. The van der Waals surface area contributed by atoms with Crippen LogP contribution in [-0.2, 0) is 14.6 Å². The molecule has 1 amide bonds. The molecule has 0 unspecified atom stereocenters. The Balaban J connectivity index is 2.13. The molecule has 1 N–H and O–H groups in total. The Morgan fingerprint density at radius 3 is 2.55 bits per heavy atom. The van der Waals surface area contributed by atoms with Crippen molar-refractivity contribution in [2.75, 3.05) is 42.5 Å². The average molecular weight is 416 g/mol. The molecule has 0 spiro atoms. The molecule has 1 saturated heterocycles. The zero-order valence-corrected chi connectivity index (χ0v) is 17.9. The summed E-state index contributed by atoms with van der Waals surface area (Å²) in [6.45, 7) is 7.52. The highest BCUT2D eigenvalue weighted by Crippen LogP contribution is 2.34. The van der Waals surface area contributed by atoms with Gasteiger partial charge >= 0.3 is 0 Å². The van der Waals surface area contributed by atoms with Gasteiger partial charge in [0.25, 0.3) is 0 Å². The molecule has 2 aromatic rings. The van der Waals surface area contributed by atoms with Gasteiger partial charge in [-0.2, -0.15) is 0 Å². The van der Waals surface area contributed by atoms with Crippen molar-refractivity contribution in [3.8, 4) is 0 Å². The van der Waals surface area contributed by atoms with Crippen LogP contribution in [-0.4, -0.2) is 47.0 Å². The number of hydrogen-bond acceptors (Lipinski definition) is 5. The summed E-state index contributed by atoms with van der Waals surface area (Å²) in [7, 11) is -3.75. The van der Waals surface area contributed by atoms with Crippen molar-refractivity contribution in [1.29, 1.82) is 0 Å². The zero-order valence-electron chi connectivity index (χ0n) is 17.1. The van der Waals surface area contributed by atoms with E-state index in [0.717, 1.165) is 44.7 Å². The third-order valence-corrected chi connectivity index (χ3v) is 6.93. The van der Waals surface area contributed by atoms with Crippen molar-refractivity contribution in [2.45, 2.75) is 36.5 Å². The molecule has 0 atom stereocenters. The van der Waals surface area contributed by atoms with Gasteiger partial charge in [-0.3, -0.25) is 4.79 Å². The van der Waals surface area contributed by atoms with Crippen LogP contribution in [0.15, 0.2) is 58.3 Å². The van der Waals surface area contributed by atoms with E-state index in [4.69, 9.17) is 0 Å². The summed E-state index contributed by atoms with van der Waals surface area (Å²) >= 11 is 0. The van der Waals surface area contributed by atoms with E-state index < -0.39 is 9.84 Å². The molecule has 6 nitrogen and oxygen atoms in total. The molecule has 29 heavy (non-hydrogen) atoms. The Bertz CT molecular complexity index is 937. The van der Waals surface area contributed by atoms with Gasteiger partial charge in [0.2, 0.25) is 15.7 Å². The maximum absolute atomic E-state index is 13.4. The van der Waals surface area contributed by atoms with Crippen molar-refractivity contribution in [2.24, 2.45) is 0 Å². The molecule has 3 rings (SSSR count). The number of sulfone groups is 1. The Morgan fingerprint density at radius 2 is 1.86 bits per heavy atom. The maximum Gasteiger partial charge on any atom is 0.223 e. The van der Waals surface area contributed by atoms with Crippen molar-refractivity contribution < 1.29 is 13.2 Å². The number of nitrogens with one attached hydrogen (secondary N) is 1. The second kappa shape index (κ2) is 9.41. The summed E-state index contributed by atoms with van der Waals surface area (Å²) < 4.78 is 26.7. The van der Waals surface area contributed by atoms with Crippen LogP contribution in [0.4, 0.5) is 11.4 Å². The summed E-state index contributed by atoms with van der Waals surface area (Å²) in [4.78, 5) is 16.6. The zero-order chi connectivity index (χ0) is 20.9. The minimum atomic E-state index is -3.75. The normalized spacial score (nSPS) is 15.0. The van der Waals surface area contributed by atoms with Crippen LogP contribution in [0.2, 0.25) is 0 Å². The molecule has 1 aliphatic rings. The molecule has 0 radical (unpaired) electrons. The molecule has 1 heterocycles. The minimum Gasteiger partial charge on any atom is -0.370 e. The van der Waals surface area contributed by atoms with E-state index in [2.05, 4.69) is 10.2 Å². The maximum atomic E-state index is 13.4. The minimum absolute atomic E-state index is 0.161. The third-order valence-electron chi connectivity index (χ3n) is 5.11. The number of anilines is 2. The van der Waals surface area contributed by atoms with Crippen LogP contribution >= 0.6 is 0 Å². The van der Waals surface area contributed by atoms with Gasteiger partial charge in [-0.15, -0.1) is 0 Å². The van der Waals surface area contributed by atoms with E-state index >= 15 is 0 Å². The quantitative estimate of drug-likeness (QED) is 0.785. The molecule has 0 bridgehead atoms. The fraction of sp³-hybridized carbons (Fsp3) is 0.409. The largest absolute Gasteiger partial charge is 0.370 e. The van der Waals surface area contributed by atoms with Crippen LogP contribution < -0.4 is 15.1 Å². The first-order valence-electron chi connectivity index (χ1n) is 10.1. The smallest absolute Gasteiger partial charge is 0.223 e. The van der Waals surface area contributed by atoms with Crippen molar-refractivity contribution in [3.05, 3.63) is 48.5 Å². The van der Waals surface area contributed by atoms with Crippen LogP contribution in [0.3, 0.4) is 0 Å². The topological polar surface area (TPSA) is 69.7 Å². The van der Waals surface area contributed by atoms with Crippen LogP contribution in [0, 0.1) is 0 Å². The number of rotatable bonds is 6. The summed E-state index contributed by atoms with van der Waals surface area (Å²) in [5, 5.41) is 3.38. The molecule has 156 valence electrons. The number of carbonyl (C=O) groups is 1. The molecule has 7 heteroatoms. The summed E-state index contributed by atoms with van der Waals surface area (Å²) in [5.41, 5.74) is 1.40. The van der Waals surface area contributed by atoms with Gasteiger partial charge in [-0.05, 0) is 49.7 Å². The van der Waals surface area contributed by atoms with Gasteiger partial charge in [0, 0.05) is 38.8 Å². The Kier molecular flexibility index (Phi) is 6.92. The lowest BCUT2D eigenvalue weighted by Crippen LogP contribution is -2.32. The highest BCUT2D eigenvalue weighted by atomic mass is 32.2.